The fourth-order valence-corrected chi connectivity index (χ4v) is 1.92. The Hall–Kier alpha value is -2.13. The molecule has 0 heterocycles. The number of carbonyl (C=O) groups is 2. The molecular weight excluding hydrogens is 264 g/mol. The fraction of sp³-hybridized carbons (Fsp3) is 0.0667. The Balaban J connectivity index is 2.41. The summed E-state index contributed by atoms with van der Waals surface area (Å²) in [7, 11) is 1.55. The summed E-state index contributed by atoms with van der Waals surface area (Å²) in [6.07, 6.45) is 0. The van der Waals surface area contributed by atoms with E-state index in [0.717, 1.165) is 0 Å². The Morgan fingerprint density at radius 1 is 0.947 bits per heavy atom. The summed E-state index contributed by atoms with van der Waals surface area (Å²) in [5, 5.41) is -0.641. The molecule has 2 aromatic rings. The van der Waals surface area contributed by atoms with Gasteiger partial charge in [-0.25, -0.2) is 0 Å². The molecule has 96 valence electrons. The van der Waals surface area contributed by atoms with Crippen LogP contribution in [0.2, 0.25) is 0 Å². The highest BCUT2D eigenvalue weighted by atomic mass is 35.5. The molecule has 19 heavy (non-hydrogen) atoms. The van der Waals surface area contributed by atoms with Gasteiger partial charge in [-0.15, -0.1) is 0 Å². The lowest BCUT2D eigenvalue weighted by atomic mass is 9.99. The van der Waals surface area contributed by atoms with Crippen molar-refractivity contribution >= 4 is 22.6 Å². The first-order valence-electron chi connectivity index (χ1n) is 5.61. The van der Waals surface area contributed by atoms with E-state index in [1.165, 1.54) is 6.07 Å². The number of ether oxygens (including phenoxy) is 1. The Morgan fingerprint density at radius 2 is 1.53 bits per heavy atom. The Bertz CT molecular complexity index is 618. The van der Waals surface area contributed by atoms with Crippen molar-refractivity contribution in [2.45, 2.75) is 0 Å². The molecule has 2 aromatic carbocycles. The zero-order valence-corrected chi connectivity index (χ0v) is 11.0. The standard InChI is InChI=1S/C15H11ClO3/c1-19-11-8-6-10(7-9-11)14(17)12-4-2-3-5-13(12)15(16)18/h2-9H,1H3. The van der Waals surface area contributed by atoms with Crippen LogP contribution in [0.5, 0.6) is 5.75 Å². The summed E-state index contributed by atoms with van der Waals surface area (Å²) in [6, 6.07) is 13.2. The molecule has 0 aromatic heterocycles. The number of halogens is 1. The van der Waals surface area contributed by atoms with E-state index in [9.17, 15) is 9.59 Å². The normalized spacial score (nSPS) is 10.0. The Morgan fingerprint density at radius 3 is 2.05 bits per heavy atom. The Kier molecular flexibility index (Phi) is 3.97. The third-order valence-corrected chi connectivity index (χ3v) is 2.94. The summed E-state index contributed by atoms with van der Waals surface area (Å²) in [4.78, 5) is 23.6. The van der Waals surface area contributed by atoms with Gasteiger partial charge in [0, 0.05) is 16.7 Å². The van der Waals surface area contributed by atoms with E-state index in [-0.39, 0.29) is 11.3 Å². The molecule has 0 aliphatic rings. The van der Waals surface area contributed by atoms with Crippen molar-refractivity contribution < 1.29 is 14.3 Å². The van der Waals surface area contributed by atoms with Gasteiger partial charge in [-0.3, -0.25) is 9.59 Å². The molecule has 3 nitrogen and oxygen atoms in total. The van der Waals surface area contributed by atoms with Crippen molar-refractivity contribution in [2.75, 3.05) is 7.11 Å². The summed E-state index contributed by atoms with van der Waals surface area (Å²) < 4.78 is 5.03. The third kappa shape index (κ3) is 2.83. The van der Waals surface area contributed by atoms with Crippen LogP contribution in [0.4, 0.5) is 0 Å². The molecule has 0 fully saturated rings. The highest BCUT2D eigenvalue weighted by Crippen LogP contribution is 2.18. The second kappa shape index (κ2) is 5.67. The lowest BCUT2D eigenvalue weighted by Crippen LogP contribution is -2.07. The van der Waals surface area contributed by atoms with Crippen molar-refractivity contribution in [3.8, 4) is 5.75 Å². The highest BCUT2D eigenvalue weighted by Gasteiger charge is 2.16. The first-order valence-corrected chi connectivity index (χ1v) is 5.99. The SMILES string of the molecule is COc1ccc(C(=O)c2ccccc2C(=O)Cl)cc1. The summed E-state index contributed by atoms with van der Waals surface area (Å²) in [5.41, 5.74) is 0.990. The van der Waals surface area contributed by atoms with Gasteiger partial charge < -0.3 is 4.74 Å². The maximum absolute atomic E-state index is 12.3. The maximum Gasteiger partial charge on any atom is 0.253 e. The molecule has 0 radical (unpaired) electrons. The van der Waals surface area contributed by atoms with Crippen LogP contribution >= 0.6 is 11.6 Å². The average Bonchev–Trinajstić information content (AvgIpc) is 2.46. The van der Waals surface area contributed by atoms with Crippen LogP contribution in [0.1, 0.15) is 26.3 Å². The van der Waals surface area contributed by atoms with Crippen LogP contribution < -0.4 is 4.74 Å². The van der Waals surface area contributed by atoms with E-state index in [1.54, 1.807) is 49.6 Å². The van der Waals surface area contributed by atoms with Gasteiger partial charge in [-0.05, 0) is 41.9 Å². The van der Waals surface area contributed by atoms with E-state index in [4.69, 9.17) is 16.3 Å². The van der Waals surface area contributed by atoms with E-state index in [2.05, 4.69) is 0 Å². The number of carbonyl (C=O) groups excluding carboxylic acids is 2. The molecule has 0 unspecified atom stereocenters. The predicted molar refractivity (Wildman–Crippen MR) is 73.1 cm³/mol. The molecule has 0 amide bonds. The van der Waals surface area contributed by atoms with E-state index in [1.807, 2.05) is 0 Å². The van der Waals surface area contributed by atoms with Gasteiger partial charge in [-0.1, -0.05) is 18.2 Å². The van der Waals surface area contributed by atoms with E-state index in [0.29, 0.717) is 16.9 Å². The number of hydrogen-bond donors (Lipinski definition) is 0. The molecule has 0 N–H and O–H groups in total. The van der Waals surface area contributed by atoms with Gasteiger partial charge in [0.25, 0.3) is 5.24 Å². The molecule has 0 aliphatic heterocycles. The number of benzene rings is 2. The molecule has 0 spiro atoms. The van der Waals surface area contributed by atoms with E-state index >= 15 is 0 Å². The molecule has 0 saturated carbocycles. The number of methoxy groups -OCH3 is 1. The smallest absolute Gasteiger partial charge is 0.253 e. The van der Waals surface area contributed by atoms with Crippen LogP contribution in [0.15, 0.2) is 48.5 Å². The van der Waals surface area contributed by atoms with Gasteiger partial charge in [0.15, 0.2) is 5.78 Å². The lowest BCUT2D eigenvalue weighted by molar-refractivity contribution is 0.102. The Labute approximate surface area is 115 Å². The first kappa shape index (κ1) is 13.3. The first-order chi connectivity index (χ1) is 9.13. The van der Waals surface area contributed by atoms with Gasteiger partial charge in [0.2, 0.25) is 0 Å². The summed E-state index contributed by atoms with van der Waals surface area (Å²) >= 11 is 5.48. The molecule has 0 aliphatic carbocycles. The maximum atomic E-state index is 12.3. The molecule has 0 saturated heterocycles. The molecule has 2 rings (SSSR count). The van der Waals surface area contributed by atoms with Crippen molar-refractivity contribution in [1.82, 2.24) is 0 Å². The van der Waals surface area contributed by atoms with Crippen LogP contribution in [0.25, 0.3) is 0 Å². The monoisotopic (exact) mass is 274 g/mol. The number of ketones is 1. The summed E-state index contributed by atoms with van der Waals surface area (Å²) in [5.74, 6) is 0.422. The molecule has 4 heteroatoms. The topological polar surface area (TPSA) is 43.4 Å². The lowest BCUT2D eigenvalue weighted by Gasteiger charge is -2.06. The molecule has 0 bridgehead atoms. The molecule has 0 atom stereocenters. The molecular formula is C15H11ClO3. The second-order valence-electron chi connectivity index (χ2n) is 3.88. The quantitative estimate of drug-likeness (QED) is 0.635. The minimum atomic E-state index is -0.641. The van der Waals surface area contributed by atoms with E-state index < -0.39 is 5.24 Å². The van der Waals surface area contributed by atoms with Gasteiger partial charge >= 0.3 is 0 Å². The zero-order chi connectivity index (χ0) is 13.8. The average molecular weight is 275 g/mol. The van der Waals surface area contributed by atoms with Crippen molar-refractivity contribution in [1.29, 1.82) is 0 Å². The third-order valence-electron chi connectivity index (χ3n) is 2.74. The van der Waals surface area contributed by atoms with Gasteiger partial charge in [0.1, 0.15) is 5.75 Å². The van der Waals surface area contributed by atoms with Crippen molar-refractivity contribution in [3.63, 3.8) is 0 Å². The summed E-state index contributed by atoms with van der Waals surface area (Å²) in [6.45, 7) is 0. The minimum absolute atomic E-state index is 0.213. The van der Waals surface area contributed by atoms with Crippen LogP contribution in [-0.2, 0) is 0 Å². The van der Waals surface area contributed by atoms with Gasteiger partial charge in [-0.2, -0.15) is 0 Å². The van der Waals surface area contributed by atoms with Crippen LogP contribution in [0, 0.1) is 0 Å². The second-order valence-corrected chi connectivity index (χ2v) is 4.22. The highest BCUT2D eigenvalue weighted by molar-refractivity contribution is 6.68. The van der Waals surface area contributed by atoms with Crippen molar-refractivity contribution in [3.05, 3.63) is 65.2 Å². The predicted octanol–water partition coefficient (Wildman–Crippen LogP) is 3.31. The largest absolute Gasteiger partial charge is 0.497 e. The van der Waals surface area contributed by atoms with Crippen LogP contribution in [0.3, 0.4) is 0 Å². The van der Waals surface area contributed by atoms with Gasteiger partial charge in [0.05, 0.1) is 7.11 Å². The van der Waals surface area contributed by atoms with Crippen LogP contribution in [-0.4, -0.2) is 18.1 Å². The van der Waals surface area contributed by atoms with Crippen molar-refractivity contribution in [2.24, 2.45) is 0 Å². The fourth-order valence-electron chi connectivity index (χ4n) is 1.75. The zero-order valence-electron chi connectivity index (χ0n) is 10.2. The minimum Gasteiger partial charge on any atom is -0.497 e. The number of hydrogen-bond acceptors (Lipinski definition) is 3. The number of rotatable bonds is 4.